The van der Waals surface area contributed by atoms with Crippen molar-refractivity contribution in [1.29, 1.82) is 0 Å². The van der Waals surface area contributed by atoms with Crippen LogP contribution >= 0.6 is 35.3 Å². The minimum absolute atomic E-state index is 0. The van der Waals surface area contributed by atoms with Gasteiger partial charge in [0.05, 0.1) is 32.5 Å². The smallest absolute Gasteiger partial charge is 0.192 e. The highest BCUT2D eigenvalue weighted by Crippen LogP contribution is 2.29. The lowest BCUT2D eigenvalue weighted by Crippen LogP contribution is -2.38. The van der Waals surface area contributed by atoms with Gasteiger partial charge in [0.1, 0.15) is 16.5 Å². The topological polar surface area (TPSA) is 67.8 Å². The molecule has 0 spiro atoms. The molecule has 0 fully saturated rings. The molecule has 27 heavy (non-hydrogen) atoms. The lowest BCUT2D eigenvalue weighted by Gasteiger charge is -2.20. The van der Waals surface area contributed by atoms with Crippen molar-refractivity contribution in [3.63, 3.8) is 0 Å². The number of aliphatic imine (C=N–C) groups is 1. The van der Waals surface area contributed by atoms with E-state index < -0.39 is 0 Å². The predicted octanol–water partition coefficient (Wildman–Crippen LogP) is 4.21. The zero-order chi connectivity index (χ0) is 19.1. The van der Waals surface area contributed by atoms with Gasteiger partial charge in [0, 0.05) is 17.0 Å². The van der Waals surface area contributed by atoms with Gasteiger partial charge in [-0.1, -0.05) is 0 Å². The molecular formula is C19H29IN4O2S. The number of halogens is 1. The van der Waals surface area contributed by atoms with Gasteiger partial charge in [0.2, 0.25) is 0 Å². The second-order valence-corrected chi connectivity index (χ2v) is 7.21. The summed E-state index contributed by atoms with van der Waals surface area (Å²) in [6.45, 7) is 9.56. The minimum Gasteiger partial charge on any atom is -0.497 e. The van der Waals surface area contributed by atoms with Crippen LogP contribution < -0.4 is 20.1 Å². The van der Waals surface area contributed by atoms with Gasteiger partial charge < -0.3 is 20.1 Å². The normalized spacial score (nSPS) is 12.1. The first kappa shape index (κ1) is 23.5. The molecule has 1 heterocycles. The van der Waals surface area contributed by atoms with Crippen molar-refractivity contribution in [2.75, 3.05) is 20.8 Å². The maximum Gasteiger partial charge on any atom is 0.192 e. The number of hydrogen-bond acceptors (Lipinski definition) is 5. The van der Waals surface area contributed by atoms with E-state index in [0.717, 1.165) is 40.3 Å². The van der Waals surface area contributed by atoms with E-state index in [-0.39, 0.29) is 30.0 Å². The Kier molecular flexibility index (Phi) is 9.86. The van der Waals surface area contributed by atoms with E-state index in [9.17, 15) is 0 Å². The van der Waals surface area contributed by atoms with Crippen molar-refractivity contribution in [3.05, 3.63) is 39.3 Å². The third kappa shape index (κ3) is 6.53. The van der Waals surface area contributed by atoms with Crippen LogP contribution in [0.1, 0.15) is 41.0 Å². The van der Waals surface area contributed by atoms with Crippen LogP contribution in [0.15, 0.2) is 23.2 Å². The molecule has 2 rings (SSSR count). The zero-order valence-corrected chi connectivity index (χ0v) is 19.9. The summed E-state index contributed by atoms with van der Waals surface area (Å²) in [7, 11) is 3.33. The number of thiazole rings is 1. The van der Waals surface area contributed by atoms with Crippen LogP contribution in [0.3, 0.4) is 0 Å². The van der Waals surface area contributed by atoms with E-state index in [0.29, 0.717) is 6.54 Å². The molecule has 0 saturated carbocycles. The van der Waals surface area contributed by atoms with Crippen LogP contribution in [0, 0.1) is 13.8 Å². The Labute approximate surface area is 182 Å². The fourth-order valence-corrected chi connectivity index (χ4v) is 3.39. The molecular weight excluding hydrogens is 475 g/mol. The molecule has 2 aromatic rings. The Morgan fingerprint density at radius 3 is 2.56 bits per heavy atom. The molecule has 0 saturated heterocycles. The molecule has 1 aromatic heterocycles. The van der Waals surface area contributed by atoms with E-state index in [2.05, 4.69) is 34.5 Å². The van der Waals surface area contributed by atoms with Crippen LogP contribution in [0.4, 0.5) is 0 Å². The largest absolute Gasteiger partial charge is 0.497 e. The first-order valence-corrected chi connectivity index (χ1v) is 9.49. The maximum atomic E-state index is 5.49. The molecule has 1 atom stereocenters. The van der Waals surface area contributed by atoms with Crippen molar-refractivity contribution in [3.8, 4) is 11.5 Å². The average molecular weight is 504 g/mol. The monoisotopic (exact) mass is 504 g/mol. The fraction of sp³-hybridized carbons (Fsp3) is 0.474. The molecule has 8 heteroatoms. The lowest BCUT2D eigenvalue weighted by molar-refractivity contribution is 0.394. The van der Waals surface area contributed by atoms with Crippen molar-refractivity contribution >= 4 is 41.3 Å². The molecule has 0 aliphatic heterocycles. The number of aryl methyl sites for hydroxylation is 2. The van der Waals surface area contributed by atoms with Crippen LogP contribution in [-0.4, -0.2) is 31.7 Å². The Bertz CT molecular complexity index is 745. The minimum atomic E-state index is -0.00221. The second-order valence-electron chi connectivity index (χ2n) is 5.92. The standard InChI is InChI=1S/C19H28N4O2S.HI/c1-7-20-19(21-11-18-22-12(2)14(4)26-18)23-13(3)16-10-15(24-5)8-9-17(16)25-6;/h8-10,13H,7,11H2,1-6H3,(H2,20,21,23);1H. The number of guanidine groups is 1. The fourth-order valence-electron chi connectivity index (χ4n) is 2.53. The lowest BCUT2D eigenvalue weighted by atomic mass is 10.1. The second kappa shape index (κ2) is 11.3. The number of rotatable bonds is 7. The maximum absolute atomic E-state index is 5.49. The van der Waals surface area contributed by atoms with Gasteiger partial charge >= 0.3 is 0 Å². The molecule has 0 radical (unpaired) electrons. The average Bonchev–Trinajstić information content (AvgIpc) is 2.97. The highest BCUT2D eigenvalue weighted by Gasteiger charge is 2.14. The molecule has 6 nitrogen and oxygen atoms in total. The highest BCUT2D eigenvalue weighted by molar-refractivity contribution is 14.0. The van der Waals surface area contributed by atoms with Crippen LogP contribution in [0.2, 0.25) is 0 Å². The summed E-state index contributed by atoms with van der Waals surface area (Å²) in [6.07, 6.45) is 0. The Hall–Kier alpha value is -1.55. The van der Waals surface area contributed by atoms with Crippen molar-refractivity contribution < 1.29 is 9.47 Å². The van der Waals surface area contributed by atoms with Gasteiger partial charge in [-0.3, -0.25) is 0 Å². The summed E-state index contributed by atoms with van der Waals surface area (Å²) in [5.41, 5.74) is 2.09. The van der Waals surface area contributed by atoms with Crippen LogP contribution in [0.5, 0.6) is 11.5 Å². The molecule has 150 valence electrons. The van der Waals surface area contributed by atoms with Crippen LogP contribution in [0.25, 0.3) is 0 Å². The van der Waals surface area contributed by atoms with E-state index in [4.69, 9.17) is 9.47 Å². The number of hydrogen-bond donors (Lipinski definition) is 2. The number of benzene rings is 1. The Balaban J connectivity index is 0.00000364. The zero-order valence-electron chi connectivity index (χ0n) is 16.8. The molecule has 0 aliphatic carbocycles. The molecule has 0 bridgehead atoms. The van der Waals surface area contributed by atoms with Gasteiger partial charge in [0.25, 0.3) is 0 Å². The number of aromatic nitrogens is 1. The predicted molar refractivity (Wildman–Crippen MR) is 123 cm³/mol. The molecule has 1 unspecified atom stereocenters. The van der Waals surface area contributed by atoms with Gasteiger partial charge in [-0.05, 0) is 45.9 Å². The van der Waals surface area contributed by atoms with Gasteiger partial charge in [0.15, 0.2) is 5.96 Å². The first-order chi connectivity index (χ1) is 12.5. The van der Waals surface area contributed by atoms with E-state index in [1.54, 1.807) is 25.6 Å². The number of methoxy groups -OCH3 is 2. The molecule has 0 amide bonds. The first-order valence-electron chi connectivity index (χ1n) is 8.68. The van der Waals surface area contributed by atoms with Crippen molar-refractivity contribution in [1.82, 2.24) is 15.6 Å². The van der Waals surface area contributed by atoms with E-state index >= 15 is 0 Å². The number of ether oxygens (including phenoxy) is 2. The summed E-state index contributed by atoms with van der Waals surface area (Å²) in [5.74, 6) is 2.35. The number of nitrogens with one attached hydrogen (secondary N) is 2. The van der Waals surface area contributed by atoms with Gasteiger partial charge in [-0.25, -0.2) is 9.98 Å². The third-order valence-electron chi connectivity index (χ3n) is 4.05. The summed E-state index contributed by atoms with van der Waals surface area (Å²) in [6, 6.07) is 5.78. The van der Waals surface area contributed by atoms with Gasteiger partial charge in [-0.15, -0.1) is 35.3 Å². The molecule has 1 aromatic carbocycles. The Morgan fingerprint density at radius 2 is 2.00 bits per heavy atom. The summed E-state index contributed by atoms with van der Waals surface area (Å²) in [4.78, 5) is 10.5. The van der Waals surface area contributed by atoms with Gasteiger partial charge in [-0.2, -0.15) is 0 Å². The highest BCUT2D eigenvalue weighted by atomic mass is 127. The van der Waals surface area contributed by atoms with E-state index in [1.807, 2.05) is 32.0 Å². The van der Waals surface area contributed by atoms with Crippen molar-refractivity contribution in [2.45, 2.75) is 40.3 Å². The molecule has 2 N–H and O–H groups in total. The van der Waals surface area contributed by atoms with Crippen molar-refractivity contribution in [2.24, 2.45) is 4.99 Å². The Morgan fingerprint density at radius 1 is 1.26 bits per heavy atom. The van der Waals surface area contributed by atoms with E-state index in [1.165, 1.54) is 4.88 Å². The molecule has 0 aliphatic rings. The summed E-state index contributed by atoms with van der Waals surface area (Å²) in [5, 5.41) is 7.73. The third-order valence-corrected chi connectivity index (χ3v) is 5.10. The summed E-state index contributed by atoms with van der Waals surface area (Å²) >= 11 is 1.69. The number of nitrogens with zero attached hydrogens (tertiary/aromatic N) is 2. The van der Waals surface area contributed by atoms with Crippen LogP contribution in [-0.2, 0) is 6.54 Å². The summed E-state index contributed by atoms with van der Waals surface area (Å²) < 4.78 is 10.8. The quantitative estimate of drug-likeness (QED) is 0.336. The SMILES string of the molecule is CCNC(=NCc1nc(C)c(C)s1)NC(C)c1cc(OC)ccc1OC.I.